The number of carbonyl (C=O) groups is 2. The van der Waals surface area contributed by atoms with Crippen molar-refractivity contribution in [1.82, 2.24) is 15.5 Å². The molecule has 2 amide bonds. The molecule has 5 unspecified atom stereocenters. The van der Waals surface area contributed by atoms with Gasteiger partial charge < -0.3 is 10.6 Å². The Morgan fingerprint density at radius 3 is 2.53 bits per heavy atom. The number of nitrogens with one attached hydrogen (secondary N) is 2. The molecule has 0 spiro atoms. The van der Waals surface area contributed by atoms with Crippen molar-refractivity contribution >= 4 is 53.1 Å². The Morgan fingerprint density at radius 2 is 1.93 bits per heavy atom. The minimum atomic E-state index is -0.0944. The molecule has 30 heavy (non-hydrogen) atoms. The van der Waals surface area contributed by atoms with Crippen molar-refractivity contribution in [2.45, 2.75) is 32.6 Å². The van der Waals surface area contributed by atoms with Crippen LogP contribution in [0.15, 0.2) is 34.7 Å². The Bertz CT molecular complexity index is 780. The van der Waals surface area contributed by atoms with Gasteiger partial charge >= 0.3 is 0 Å². The Hall–Kier alpha value is -1.42. The van der Waals surface area contributed by atoms with Gasteiger partial charge in [0.05, 0.1) is 18.4 Å². The second kappa shape index (κ2) is 10.3. The molecule has 5 atom stereocenters. The summed E-state index contributed by atoms with van der Waals surface area (Å²) in [4.78, 5) is 33.0. The SMILES string of the molecule is CCNC(=NCC(C)c1cccs1)NCCCN1C(=O)C2C3C=CC(C3)C2C1=O.I. The molecule has 2 N–H and O–H groups in total. The summed E-state index contributed by atoms with van der Waals surface area (Å²) >= 11 is 1.76. The zero-order valence-electron chi connectivity index (χ0n) is 17.5. The van der Waals surface area contributed by atoms with Crippen LogP contribution in [0.5, 0.6) is 0 Å². The van der Waals surface area contributed by atoms with Crippen molar-refractivity contribution in [3.05, 3.63) is 34.5 Å². The fourth-order valence-corrected chi connectivity index (χ4v) is 5.64. The van der Waals surface area contributed by atoms with E-state index in [1.54, 1.807) is 11.3 Å². The highest BCUT2D eigenvalue weighted by molar-refractivity contribution is 14.0. The van der Waals surface area contributed by atoms with Gasteiger partial charge in [-0.25, -0.2) is 0 Å². The average Bonchev–Trinajstić information content (AvgIpc) is 3.49. The third-order valence-electron chi connectivity index (χ3n) is 6.31. The molecule has 0 radical (unpaired) electrons. The minimum absolute atomic E-state index is 0. The molecule has 1 aromatic rings. The van der Waals surface area contributed by atoms with Gasteiger partial charge in [0.1, 0.15) is 0 Å². The number of allylic oxidation sites excluding steroid dienone is 2. The summed E-state index contributed by atoms with van der Waals surface area (Å²) in [5.41, 5.74) is 0. The van der Waals surface area contributed by atoms with Gasteiger partial charge in [0.25, 0.3) is 0 Å². The van der Waals surface area contributed by atoms with Crippen molar-refractivity contribution < 1.29 is 9.59 Å². The fourth-order valence-electron chi connectivity index (χ4n) is 4.86. The van der Waals surface area contributed by atoms with Crippen LogP contribution < -0.4 is 10.6 Å². The van der Waals surface area contributed by atoms with Gasteiger partial charge in [-0.15, -0.1) is 35.3 Å². The largest absolute Gasteiger partial charge is 0.357 e. The van der Waals surface area contributed by atoms with E-state index in [4.69, 9.17) is 0 Å². The molecule has 4 rings (SSSR count). The molecular weight excluding hydrogens is 511 g/mol. The monoisotopic (exact) mass is 542 g/mol. The average molecular weight is 542 g/mol. The molecule has 1 aromatic heterocycles. The number of nitrogens with zero attached hydrogens (tertiary/aromatic N) is 2. The summed E-state index contributed by atoms with van der Waals surface area (Å²) in [6.45, 7) is 6.91. The van der Waals surface area contributed by atoms with Crippen molar-refractivity contribution in [3.63, 3.8) is 0 Å². The number of carbonyl (C=O) groups excluding carboxylic acids is 2. The van der Waals surface area contributed by atoms with E-state index in [2.05, 4.69) is 52.2 Å². The fraction of sp³-hybridized carbons (Fsp3) is 0.591. The minimum Gasteiger partial charge on any atom is -0.357 e. The summed E-state index contributed by atoms with van der Waals surface area (Å²) in [5, 5.41) is 8.70. The zero-order chi connectivity index (χ0) is 20.4. The van der Waals surface area contributed by atoms with E-state index in [1.807, 2.05) is 6.92 Å². The highest BCUT2D eigenvalue weighted by atomic mass is 127. The quantitative estimate of drug-likeness (QED) is 0.132. The number of hydrogen-bond acceptors (Lipinski definition) is 4. The zero-order valence-corrected chi connectivity index (χ0v) is 20.7. The predicted octanol–water partition coefficient (Wildman–Crippen LogP) is 3.22. The molecule has 2 heterocycles. The maximum absolute atomic E-state index is 12.7. The van der Waals surface area contributed by atoms with Crippen LogP contribution in [0.1, 0.15) is 37.5 Å². The second-order valence-corrected chi connectivity index (χ2v) is 9.22. The van der Waals surface area contributed by atoms with Crippen LogP contribution in [0.25, 0.3) is 0 Å². The van der Waals surface area contributed by atoms with Crippen LogP contribution in [-0.4, -0.2) is 48.9 Å². The van der Waals surface area contributed by atoms with Crippen LogP contribution in [0.4, 0.5) is 0 Å². The topological polar surface area (TPSA) is 73.8 Å². The van der Waals surface area contributed by atoms with Crippen LogP contribution in [-0.2, 0) is 9.59 Å². The molecular formula is C22H31IN4O2S. The van der Waals surface area contributed by atoms with E-state index in [1.165, 1.54) is 9.78 Å². The molecule has 2 fully saturated rings. The number of likely N-dealkylation sites (tertiary alicyclic amines) is 1. The Kier molecular flexibility index (Phi) is 7.95. The van der Waals surface area contributed by atoms with Crippen molar-refractivity contribution in [2.24, 2.45) is 28.7 Å². The number of imide groups is 1. The van der Waals surface area contributed by atoms with E-state index in [0.717, 1.165) is 31.9 Å². The third kappa shape index (κ3) is 4.59. The maximum atomic E-state index is 12.7. The van der Waals surface area contributed by atoms with Gasteiger partial charge in [0.2, 0.25) is 11.8 Å². The first-order valence-electron chi connectivity index (χ1n) is 10.7. The first-order valence-corrected chi connectivity index (χ1v) is 11.6. The Balaban J connectivity index is 0.00000256. The molecule has 8 heteroatoms. The molecule has 1 saturated carbocycles. The molecule has 1 saturated heterocycles. The summed E-state index contributed by atoms with van der Waals surface area (Å²) in [7, 11) is 0. The van der Waals surface area contributed by atoms with Crippen LogP contribution >= 0.6 is 35.3 Å². The molecule has 1 aliphatic heterocycles. The van der Waals surface area contributed by atoms with E-state index in [9.17, 15) is 9.59 Å². The first-order chi connectivity index (χ1) is 14.1. The molecule has 0 aromatic carbocycles. The lowest BCUT2D eigenvalue weighted by atomic mass is 9.85. The highest BCUT2D eigenvalue weighted by Gasteiger charge is 2.58. The van der Waals surface area contributed by atoms with E-state index in [-0.39, 0.29) is 59.5 Å². The maximum Gasteiger partial charge on any atom is 0.233 e. The van der Waals surface area contributed by atoms with Gasteiger partial charge in [-0.05, 0) is 43.0 Å². The number of hydrogen-bond donors (Lipinski definition) is 2. The number of guanidine groups is 1. The van der Waals surface area contributed by atoms with Gasteiger partial charge in [-0.2, -0.15) is 0 Å². The number of rotatable bonds is 8. The van der Waals surface area contributed by atoms with Gasteiger partial charge in [-0.1, -0.05) is 25.1 Å². The summed E-state index contributed by atoms with van der Waals surface area (Å²) in [5.74, 6) is 1.63. The third-order valence-corrected chi connectivity index (χ3v) is 7.41. The number of amides is 2. The molecule has 3 aliphatic rings. The number of thiophene rings is 1. The van der Waals surface area contributed by atoms with Gasteiger partial charge in [0, 0.05) is 30.4 Å². The Morgan fingerprint density at radius 1 is 1.23 bits per heavy atom. The molecule has 6 nitrogen and oxygen atoms in total. The lowest BCUT2D eigenvalue weighted by Crippen LogP contribution is -2.40. The number of halogens is 1. The number of aliphatic imine (C=N–C) groups is 1. The van der Waals surface area contributed by atoms with E-state index < -0.39 is 0 Å². The van der Waals surface area contributed by atoms with Gasteiger partial charge in [0.15, 0.2) is 5.96 Å². The van der Waals surface area contributed by atoms with Crippen LogP contribution in [0, 0.1) is 23.7 Å². The molecule has 164 valence electrons. The summed E-state index contributed by atoms with van der Waals surface area (Å²) < 4.78 is 0. The molecule has 2 aliphatic carbocycles. The normalized spacial score (nSPS) is 27.9. The van der Waals surface area contributed by atoms with Crippen molar-refractivity contribution in [1.29, 1.82) is 0 Å². The first kappa shape index (κ1) is 23.2. The van der Waals surface area contributed by atoms with E-state index >= 15 is 0 Å². The summed E-state index contributed by atoms with van der Waals surface area (Å²) in [6, 6.07) is 4.21. The lowest BCUT2D eigenvalue weighted by molar-refractivity contribution is -0.140. The van der Waals surface area contributed by atoms with E-state index in [0.29, 0.717) is 19.0 Å². The Labute approximate surface area is 199 Å². The van der Waals surface area contributed by atoms with Crippen molar-refractivity contribution in [3.8, 4) is 0 Å². The van der Waals surface area contributed by atoms with Gasteiger partial charge in [-0.3, -0.25) is 19.5 Å². The smallest absolute Gasteiger partial charge is 0.233 e. The second-order valence-electron chi connectivity index (χ2n) is 8.24. The molecule has 2 bridgehead atoms. The van der Waals surface area contributed by atoms with Crippen LogP contribution in [0.3, 0.4) is 0 Å². The number of fused-ring (bicyclic) bond motifs is 5. The summed E-state index contributed by atoms with van der Waals surface area (Å²) in [6.07, 6.45) is 5.98. The highest BCUT2D eigenvalue weighted by Crippen LogP contribution is 2.52. The van der Waals surface area contributed by atoms with Crippen molar-refractivity contribution in [2.75, 3.05) is 26.2 Å². The standard InChI is InChI=1S/C22H30N4O2S.HI/c1-3-23-22(25-13-14(2)17-6-4-11-29-17)24-9-5-10-26-20(27)18-15-7-8-16(12-15)19(18)21(26)28;/h4,6-8,11,14-16,18-19H,3,5,9-10,12-13H2,1-2H3,(H2,23,24,25);1H. The van der Waals surface area contributed by atoms with Crippen LogP contribution in [0.2, 0.25) is 0 Å². The predicted molar refractivity (Wildman–Crippen MR) is 131 cm³/mol. The lowest BCUT2D eigenvalue weighted by Gasteiger charge is -2.18.